The highest BCUT2D eigenvalue weighted by Crippen LogP contribution is 2.27. The molecule has 0 saturated heterocycles. The Labute approximate surface area is 114 Å². The molecule has 0 aromatic carbocycles. The molecule has 1 aliphatic rings. The van der Waals surface area contributed by atoms with Crippen LogP contribution in [0.3, 0.4) is 0 Å². The zero-order chi connectivity index (χ0) is 13.7. The highest BCUT2D eigenvalue weighted by Gasteiger charge is 2.27. The summed E-state index contributed by atoms with van der Waals surface area (Å²) in [7, 11) is 0. The summed E-state index contributed by atoms with van der Waals surface area (Å²) >= 11 is 0. The molecule has 1 atom stereocenters. The second-order valence-corrected chi connectivity index (χ2v) is 5.25. The van der Waals surface area contributed by atoms with Crippen LogP contribution >= 0.6 is 0 Å². The largest absolute Gasteiger partial charge is 0.472 e. The van der Waals surface area contributed by atoms with Gasteiger partial charge >= 0.3 is 5.97 Å². The molecule has 0 amide bonds. The van der Waals surface area contributed by atoms with Gasteiger partial charge in [-0.15, -0.1) is 0 Å². The predicted molar refractivity (Wildman–Crippen MR) is 72.6 cm³/mol. The van der Waals surface area contributed by atoms with Crippen LogP contribution in [0.5, 0.6) is 0 Å². The molecule has 19 heavy (non-hydrogen) atoms. The van der Waals surface area contributed by atoms with Crippen LogP contribution in [-0.2, 0) is 9.53 Å². The standard InChI is InChI=1S/C15H23NO3/c1-3-19-15(17)12-4-6-14(7-5-12)16-11(2)13-8-9-18-10-13/h8-12,14,16H,3-7H2,1-2H3. The van der Waals surface area contributed by atoms with E-state index in [0.29, 0.717) is 18.7 Å². The van der Waals surface area contributed by atoms with Crippen molar-refractivity contribution in [3.05, 3.63) is 24.2 Å². The van der Waals surface area contributed by atoms with Crippen molar-refractivity contribution in [2.45, 2.75) is 51.6 Å². The van der Waals surface area contributed by atoms with E-state index < -0.39 is 0 Å². The molecule has 1 fully saturated rings. The van der Waals surface area contributed by atoms with E-state index in [4.69, 9.17) is 9.15 Å². The first-order valence-electron chi connectivity index (χ1n) is 7.15. The van der Waals surface area contributed by atoms with E-state index in [1.165, 1.54) is 5.56 Å². The molecule has 1 N–H and O–H groups in total. The van der Waals surface area contributed by atoms with Gasteiger partial charge < -0.3 is 14.5 Å². The van der Waals surface area contributed by atoms with Crippen LogP contribution in [0.15, 0.2) is 23.0 Å². The van der Waals surface area contributed by atoms with E-state index in [9.17, 15) is 4.79 Å². The maximum atomic E-state index is 11.7. The highest BCUT2D eigenvalue weighted by atomic mass is 16.5. The Morgan fingerprint density at radius 3 is 2.79 bits per heavy atom. The fraction of sp³-hybridized carbons (Fsp3) is 0.667. The molecular weight excluding hydrogens is 242 g/mol. The van der Waals surface area contributed by atoms with Crippen molar-refractivity contribution in [2.75, 3.05) is 6.61 Å². The van der Waals surface area contributed by atoms with E-state index in [-0.39, 0.29) is 11.9 Å². The molecule has 1 aromatic rings. The van der Waals surface area contributed by atoms with Gasteiger partial charge in [-0.2, -0.15) is 0 Å². The first-order chi connectivity index (χ1) is 9.20. The van der Waals surface area contributed by atoms with Crippen molar-refractivity contribution < 1.29 is 13.9 Å². The maximum Gasteiger partial charge on any atom is 0.308 e. The molecule has 106 valence electrons. The zero-order valence-electron chi connectivity index (χ0n) is 11.7. The number of ether oxygens (including phenoxy) is 1. The van der Waals surface area contributed by atoms with Gasteiger partial charge in [0.1, 0.15) is 0 Å². The van der Waals surface area contributed by atoms with Gasteiger partial charge in [0.25, 0.3) is 0 Å². The van der Waals surface area contributed by atoms with E-state index in [1.807, 2.05) is 13.0 Å². The number of esters is 1. The number of hydrogen-bond donors (Lipinski definition) is 1. The lowest BCUT2D eigenvalue weighted by Gasteiger charge is -2.30. The van der Waals surface area contributed by atoms with E-state index in [2.05, 4.69) is 12.2 Å². The molecule has 1 saturated carbocycles. The number of nitrogens with one attached hydrogen (secondary N) is 1. The third-order valence-electron chi connectivity index (χ3n) is 3.88. The topological polar surface area (TPSA) is 51.5 Å². The third kappa shape index (κ3) is 3.83. The minimum absolute atomic E-state index is 0.0242. The molecule has 0 bridgehead atoms. The van der Waals surface area contributed by atoms with Crippen molar-refractivity contribution in [2.24, 2.45) is 5.92 Å². The van der Waals surface area contributed by atoms with Gasteiger partial charge in [0.05, 0.1) is 25.1 Å². The summed E-state index contributed by atoms with van der Waals surface area (Å²) in [6.45, 7) is 4.48. The van der Waals surface area contributed by atoms with Gasteiger partial charge in [-0.05, 0) is 45.6 Å². The first kappa shape index (κ1) is 14.1. The normalized spacial score (nSPS) is 24.9. The van der Waals surface area contributed by atoms with Crippen LogP contribution in [-0.4, -0.2) is 18.6 Å². The van der Waals surface area contributed by atoms with Gasteiger partial charge in [0, 0.05) is 17.6 Å². The summed E-state index contributed by atoms with van der Waals surface area (Å²) in [5.41, 5.74) is 1.17. The number of hydrogen-bond acceptors (Lipinski definition) is 4. The van der Waals surface area contributed by atoms with Crippen LogP contribution in [0, 0.1) is 5.92 Å². The van der Waals surface area contributed by atoms with Gasteiger partial charge in [0.15, 0.2) is 0 Å². The average molecular weight is 265 g/mol. The summed E-state index contributed by atoms with van der Waals surface area (Å²) in [4.78, 5) is 11.7. The molecule has 0 radical (unpaired) electrons. The van der Waals surface area contributed by atoms with Crippen molar-refractivity contribution in [3.63, 3.8) is 0 Å². The number of carbonyl (C=O) groups excluding carboxylic acids is 1. The predicted octanol–water partition coefficient (Wildman–Crippen LogP) is 3.05. The lowest BCUT2D eigenvalue weighted by atomic mass is 9.85. The number of rotatable bonds is 5. The van der Waals surface area contributed by atoms with E-state index >= 15 is 0 Å². The van der Waals surface area contributed by atoms with E-state index in [1.54, 1.807) is 12.5 Å². The Kier molecular flexibility index (Phi) is 5.02. The Bertz CT molecular complexity index is 380. The summed E-state index contributed by atoms with van der Waals surface area (Å²) in [6.07, 6.45) is 7.40. The molecule has 1 unspecified atom stereocenters. The van der Waals surface area contributed by atoms with Gasteiger partial charge in [-0.25, -0.2) is 0 Å². The smallest absolute Gasteiger partial charge is 0.308 e. The van der Waals surface area contributed by atoms with Crippen LogP contribution in [0.4, 0.5) is 0 Å². The summed E-state index contributed by atoms with van der Waals surface area (Å²) < 4.78 is 10.2. The highest BCUT2D eigenvalue weighted by molar-refractivity contribution is 5.72. The minimum atomic E-state index is -0.0242. The van der Waals surface area contributed by atoms with Crippen LogP contribution in [0.25, 0.3) is 0 Å². The fourth-order valence-electron chi connectivity index (χ4n) is 2.73. The molecule has 1 heterocycles. The average Bonchev–Trinajstić information content (AvgIpc) is 2.94. The summed E-state index contributed by atoms with van der Waals surface area (Å²) in [5, 5.41) is 3.60. The molecule has 1 aromatic heterocycles. The van der Waals surface area contributed by atoms with Crippen molar-refractivity contribution in [1.29, 1.82) is 0 Å². The van der Waals surface area contributed by atoms with Gasteiger partial charge in [-0.3, -0.25) is 4.79 Å². The zero-order valence-corrected chi connectivity index (χ0v) is 11.7. The second-order valence-electron chi connectivity index (χ2n) is 5.25. The lowest BCUT2D eigenvalue weighted by molar-refractivity contribution is -0.149. The summed E-state index contributed by atoms with van der Waals surface area (Å²) in [5.74, 6) is 0.0751. The van der Waals surface area contributed by atoms with Crippen LogP contribution in [0.1, 0.15) is 51.1 Å². The Hall–Kier alpha value is -1.29. The molecule has 2 rings (SSSR count). The minimum Gasteiger partial charge on any atom is -0.472 e. The Morgan fingerprint density at radius 1 is 1.47 bits per heavy atom. The molecule has 4 heteroatoms. The Morgan fingerprint density at radius 2 is 2.21 bits per heavy atom. The monoisotopic (exact) mass is 265 g/mol. The molecule has 4 nitrogen and oxygen atoms in total. The Balaban J connectivity index is 1.76. The number of carbonyl (C=O) groups is 1. The third-order valence-corrected chi connectivity index (χ3v) is 3.88. The SMILES string of the molecule is CCOC(=O)C1CCC(NC(C)c2ccoc2)CC1. The fourth-order valence-corrected chi connectivity index (χ4v) is 2.73. The second kappa shape index (κ2) is 6.75. The van der Waals surface area contributed by atoms with Gasteiger partial charge in [-0.1, -0.05) is 0 Å². The molecule has 0 spiro atoms. The molecule has 0 aliphatic heterocycles. The quantitative estimate of drug-likeness (QED) is 0.831. The van der Waals surface area contributed by atoms with Gasteiger partial charge in [0.2, 0.25) is 0 Å². The van der Waals surface area contributed by atoms with Crippen molar-refractivity contribution >= 4 is 5.97 Å². The van der Waals surface area contributed by atoms with E-state index in [0.717, 1.165) is 25.7 Å². The van der Waals surface area contributed by atoms with Crippen molar-refractivity contribution in [3.8, 4) is 0 Å². The lowest BCUT2D eigenvalue weighted by Crippen LogP contribution is -2.36. The van der Waals surface area contributed by atoms with Crippen LogP contribution < -0.4 is 5.32 Å². The first-order valence-corrected chi connectivity index (χ1v) is 7.15. The molecule has 1 aliphatic carbocycles. The molecular formula is C15H23NO3. The summed E-state index contributed by atoms with van der Waals surface area (Å²) in [6, 6.07) is 2.76. The van der Waals surface area contributed by atoms with Crippen molar-refractivity contribution in [1.82, 2.24) is 5.32 Å². The number of furan rings is 1. The van der Waals surface area contributed by atoms with Crippen LogP contribution in [0.2, 0.25) is 0 Å². The maximum absolute atomic E-state index is 11.7.